The van der Waals surface area contributed by atoms with E-state index in [1.807, 2.05) is 24.5 Å². The summed E-state index contributed by atoms with van der Waals surface area (Å²) in [5.41, 5.74) is 0.911. The number of ether oxygens (including phenoxy) is 1. The van der Waals surface area contributed by atoms with Gasteiger partial charge in [-0.05, 0) is 37.6 Å². The first-order chi connectivity index (χ1) is 10.5. The van der Waals surface area contributed by atoms with Gasteiger partial charge in [-0.1, -0.05) is 11.6 Å². The number of aromatic nitrogens is 3. The Bertz CT molecular complexity index is 714. The fourth-order valence-electron chi connectivity index (χ4n) is 2.52. The average molecular weight is 321 g/mol. The van der Waals surface area contributed by atoms with Crippen LogP contribution in [-0.2, 0) is 17.9 Å². The Morgan fingerprint density at radius 1 is 1.32 bits per heavy atom. The molecule has 2 aromatic rings. The highest BCUT2D eigenvalue weighted by atomic mass is 35.5. The zero-order valence-corrected chi connectivity index (χ0v) is 13.3. The maximum absolute atomic E-state index is 12.3. The predicted molar refractivity (Wildman–Crippen MR) is 81.9 cm³/mol. The van der Waals surface area contributed by atoms with E-state index >= 15 is 0 Å². The summed E-state index contributed by atoms with van der Waals surface area (Å²) in [7, 11) is 0. The Kier molecular flexibility index (Phi) is 4.02. The summed E-state index contributed by atoms with van der Waals surface area (Å²) in [5.74, 6) is 2.32. The fourth-order valence-corrected chi connectivity index (χ4v) is 2.75. The molecular formula is C15H17ClN4O2. The highest BCUT2D eigenvalue weighted by Crippen LogP contribution is 2.22. The molecule has 6 nitrogen and oxygen atoms in total. The minimum atomic E-state index is -0.0544. The molecule has 0 saturated heterocycles. The Morgan fingerprint density at radius 2 is 2.14 bits per heavy atom. The number of rotatable bonds is 3. The maximum Gasteiger partial charge on any atom is 0.260 e. The van der Waals surface area contributed by atoms with Gasteiger partial charge in [-0.2, -0.15) is 0 Å². The second kappa shape index (κ2) is 5.96. The first-order valence-corrected chi connectivity index (χ1v) is 7.48. The van der Waals surface area contributed by atoms with E-state index in [4.69, 9.17) is 16.3 Å². The quantitative estimate of drug-likeness (QED) is 0.867. The van der Waals surface area contributed by atoms with E-state index < -0.39 is 0 Å². The van der Waals surface area contributed by atoms with E-state index in [0.29, 0.717) is 23.9 Å². The molecule has 22 heavy (non-hydrogen) atoms. The first-order valence-electron chi connectivity index (χ1n) is 7.10. The van der Waals surface area contributed by atoms with Crippen molar-refractivity contribution < 1.29 is 9.53 Å². The highest BCUT2D eigenvalue weighted by Gasteiger charge is 2.23. The van der Waals surface area contributed by atoms with Crippen LogP contribution in [0, 0.1) is 13.8 Å². The minimum absolute atomic E-state index is 0.00952. The maximum atomic E-state index is 12.3. The number of hydrogen-bond donors (Lipinski definition) is 0. The van der Waals surface area contributed by atoms with Crippen molar-refractivity contribution in [2.45, 2.75) is 26.9 Å². The Balaban J connectivity index is 1.61. The van der Waals surface area contributed by atoms with Crippen LogP contribution in [0.5, 0.6) is 5.75 Å². The van der Waals surface area contributed by atoms with Gasteiger partial charge in [0, 0.05) is 18.1 Å². The molecule has 0 unspecified atom stereocenters. The Labute approximate surface area is 133 Å². The topological polar surface area (TPSA) is 60.2 Å². The van der Waals surface area contributed by atoms with Crippen molar-refractivity contribution in [3.63, 3.8) is 0 Å². The summed E-state index contributed by atoms with van der Waals surface area (Å²) in [6.45, 7) is 5.67. The number of fused-ring (bicyclic) bond motifs is 1. The molecule has 0 N–H and O–H groups in total. The molecule has 7 heteroatoms. The third kappa shape index (κ3) is 2.92. The molecular weight excluding hydrogens is 304 g/mol. The van der Waals surface area contributed by atoms with Crippen LogP contribution in [0.1, 0.15) is 17.2 Å². The van der Waals surface area contributed by atoms with Crippen LogP contribution >= 0.6 is 11.6 Å². The molecule has 0 saturated carbocycles. The summed E-state index contributed by atoms with van der Waals surface area (Å²) in [6, 6.07) is 5.34. The van der Waals surface area contributed by atoms with Gasteiger partial charge in [0.05, 0.1) is 6.54 Å². The number of amides is 1. The molecule has 0 spiro atoms. The van der Waals surface area contributed by atoms with Gasteiger partial charge in [0.2, 0.25) is 0 Å². The van der Waals surface area contributed by atoms with Gasteiger partial charge in [-0.15, -0.1) is 10.2 Å². The van der Waals surface area contributed by atoms with E-state index in [2.05, 4.69) is 10.2 Å². The van der Waals surface area contributed by atoms with Crippen molar-refractivity contribution >= 4 is 17.5 Å². The molecule has 3 rings (SSSR count). The summed E-state index contributed by atoms with van der Waals surface area (Å²) in [5, 5.41) is 8.79. The van der Waals surface area contributed by atoms with Crippen LogP contribution in [0.4, 0.5) is 0 Å². The molecule has 1 aliphatic heterocycles. The van der Waals surface area contributed by atoms with Crippen molar-refractivity contribution in [2.75, 3.05) is 13.2 Å². The lowest BCUT2D eigenvalue weighted by Crippen LogP contribution is -2.41. The molecule has 1 aromatic heterocycles. The third-order valence-electron chi connectivity index (χ3n) is 3.78. The number of carbonyl (C=O) groups is 1. The lowest BCUT2D eigenvalue weighted by Gasteiger charge is -2.27. The van der Waals surface area contributed by atoms with Crippen molar-refractivity contribution in [1.29, 1.82) is 0 Å². The van der Waals surface area contributed by atoms with Crippen molar-refractivity contribution in [2.24, 2.45) is 0 Å². The molecule has 1 aliphatic rings. The van der Waals surface area contributed by atoms with Gasteiger partial charge in [0.25, 0.3) is 5.91 Å². The van der Waals surface area contributed by atoms with Crippen LogP contribution in [-0.4, -0.2) is 38.7 Å². The highest BCUT2D eigenvalue weighted by molar-refractivity contribution is 6.30. The number of nitrogens with zero attached hydrogens (tertiary/aromatic N) is 4. The second-order valence-corrected chi connectivity index (χ2v) is 5.77. The van der Waals surface area contributed by atoms with Crippen LogP contribution in [0.15, 0.2) is 18.2 Å². The summed E-state index contributed by atoms with van der Waals surface area (Å²) in [6.07, 6.45) is 0. The fraction of sp³-hybridized carbons (Fsp3) is 0.400. The zero-order chi connectivity index (χ0) is 15.7. The standard InChI is InChI=1S/C15H17ClN4O2/c1-10-7-12(16)3-4-13(10)22-9-15(21)19-5-6-20-11(2)17-18-14(20)8-19/h3-4,7H,5-6,8-9H2,1-2H3. The molecule has 0 radical (unpaired) electrons. The van der Waals surface area contributed by atoms with Gasteiger partial charge < -0.3 is 14.2 Å². The molecule has 0 fully saturated rings. The summed E-state index contributed by atoms with van der Waals surface area (Å²) in [4.78, 5) is 14.0. The molecule has 0 aliphatic carbocycles. The van der Waals surface area contributed by atoms with E-state index in [1.54, 1.807) is 17.0 Å². The largest absolute Gasteiger partial charge is 0.483 e. The predicted octanol–water partition coefficient (Wildman–Crippen LogP) is 1.97. The van der Waals surface area contributed by atoms with Crippen LogP contribution < -0.4 is 4.74 Å². The summed E-state index contributed by atoms with van der Waals surface area (Å²) < 4.78 is 7.64. The average Bonchev–Trinajstić information content (AvgIpc) is 2.87. The van der Waals surface area contributed by atoms with Gasteiger partial charge in [0.1, 0.15) is 11.6 Å². The molecule has 116 valence electrons. The van der Waals surface area contributed by atoms with Gasteiger partial charge in [-0.25, -0.2) is 0 Å². The smallest absolute Gasteiger partial charge is 0.260 e. The number of halogens is 1. The normalized spacial score (nSPS) is 13.9. The molecule has 0 bridgehead atoms. The second-order valence-electron chi connectivity index (χ2n) is 5.33. The minimum Gasteiger partial charge on any atom is -0.483 e. The van der Waals surface area contributed by atoms with Gasteiger partial charge in [-0.3, -0.25) is 4.79 Å². The Hall–Kier alpha value is -2.08. The van der Waals surface area contributed by atoms with Gasteiger partial charge in [0.15, 0.2) is 12.4 Å². The van der Waals surface area contributed by atoms with Crippen molar-refractivity contribution in [3.05, 3.63) is 40.4 Å². The SMILES string of the molecule is Cc1cc(Cl)ccc1OCC(=O)N1CCn2c(C)nnc2C1. The lowest BCUT2D eigenvalue weighted by atomic mass is 10.2. The van der Waals surface area contributed by atoms with E-state index in [9.17, 15) is 4.79 Å². The van der Waals surface area contributed by atoms with Crippen LogP contribution in [0.2, 0.25) is 5.02 Å². The van der Waals surface area contributed by atoms with E-state index in [-0.39, 0.29) is 12.5 Å². The van der Waals surface area contributed by atoms with Crippen LogP contribution in [0.25, 0.3) is 0 Å². The Morgan fingerprint density at radius 3 is 2.91 bits per heavy atom. The molecule has 1 aromatic carbocycles. The third-order valence-corrected chi connectivity index (χ3v) is 4.01. The van der Waals surface area contributed by atoms with Crippen molar-refractivity contribution in [1.82, 2.24) is 19.7 Å². The number of benzene rings is 1. The first kappa shape index (κ1) is 14.8. The number of carbonyl (C=O) groups excluding carboxylic acids is 1. The van der Waals surface area contributed by atoms with Crippen molar-refractivity contribution in [3.8, 4) is 5.75 Å². The van der Waals surface area contributed by atoms with E-state index in [1.165, 1.54) is 0 Å². The number of aryl methyl sites for hydroxylation is 2. The summed E-state index contributed by atoms with van der Waals surface area (Å²) >= 11 is 5.91. The monoisotopic (exact) mass is 320 g/mol. The lowest BCUT2D eigenvalue weighted by molar-refractivity contribution is -0.134. The molecule has 2 heterocycles. The number of hydrogen-bond acceptors (Lipinski definition) is 4. The molecule has 0 atom stereocenters. The zero-order valence-electron chi connectivity index (χ0n) is 12.5. The molecule has 1 amide bonds. The van der Waals surface area contributed by atoms with E-state index in [0.717, 1.165) is 23.8 Å². The van der Waals surface area contributed by atoms with Gasteiger partial charge >= 0.3 is 0 Å². The van der Waals surface area contributed by atoms with Crippen LogP contribution in [0.3, 0.4) is 0 Å².